The summed E-state index contributed by atoms with van der Waals surface area (Å²) in [5, 5.41) is 3.91. The zero-order chi connectivity index (χ0) is 17.9. The van der Waals surface area contributed by atoms with Crippen LogP contribution in [0.25, 0.3) is 10.9 Å². The number of anilines is 2. The summed E-state index contributed by atoms with van der Waals surface area (Å²) < 4.78 is 13.9. The Morgan fingerprint density at radius 2 is 1.88 bits per heavy atom. The lowest BCUT2D eigenvalue weighted by molar-refractivity contribution is 0.0773. The lowest BCUT2D eigenvalue weighted by Gasteiger charge is -2.27. The Kier molecular flexibility index (Phi) is 4.75. The fourth-order valence-corrected chi connectivity index (χ4v) is 3.97. The Balaban J connectivity index is 1.83. The normalized spacial score (nSPS) is 14.4. The first-order valence-corrected chi connectivity index (χ1v) is 9.65. The van der Waals surface area contributed by atoms with Crippen molar-refractivity contribution in [3.63, 3.8) is 0 Å². The van der Waals surface area contributed by atoms with Gasteiger partial charge in [-0.1, -0.05) is 18.2 Å². The Labute approximate surface area is 155 Å². The van der Waals surface area contributed by atoms with Gasteiger partial charge in [-0.05, 0) is 30.3 Å². The van der Waals surface area contributed by atoms with Crippen molar-refractivity contribution in [1.82, 2.24) is 9.88 Å². The maximum Gasteiger partial charge on any atom is 0.257 e. The van der Waals surface area contributed by atoms with E-state index in [0.29, 0.717) is 22.2 Å². The standard InChI is InChI=1S/C20H18FN3OS/c21-14-6-7-18-16(12-14)19(23-15-4-2-1-3-5-15)17(13-22-18)20(25)24-8-10-26-11-9-24/h1-7,12-13H,8-11H2,(H,22,23). The van der Waals surface area contributed by atoms with Gasteiger partial charge in [-0.15, -0.1) is 0 Å². The molecule has 1 N–H and O–H groups in total. The molecule has 0 saturated carbocycles. The van der Waals surface area contributed by atoms with E-state index in [4.69, 9.17) is 0 Å². The van der Waals surface area contributed by atoms with Crippen LogP contribution in [0.5, 0.6) is 0 Å². The molecule has 0 spiro atoms. The molecule has 1 fully saturated rings. The average molecular weight is 367 g/mol. The molecule has 0 unspecified atom stereocenters. The quantitative estimate of drug-likeness (QED) is 0.749. The van der Waals surface area contributed by atoms with E-state index in [2.05, 4.69) is 10.3 Å². The van der Waals surface area contributed by atoms with Crippen LogP contribution in [0.4, 0.5) is 15.8 Å². The first kappa shape index (κ1) is 16.8. The number of rotatable bonds is 3. The van der Waals surface area contributed by atoms with E-state index in [1.54, 1.807) is 12.3 Å². The first-order chi connectivity index (χ1) is 12.7. The maximum absolute atomic E-state index is 13.9. The third-order valence-electron chi connectivity index (χ3n) is 4.40. The maximum atomic E-state index is 13.9. The zero-order valence-corrected chi connectivity index (χ0v) is 14.9. The monoisotopic (exact) mass is 367 g/mol. The number of aromatic nitrogens is 1. The predicted octanol–water partition coefficient (Wildman–Crippen LogP) is 4.31. The molecule has 26 heavy (non-hydrogen) atoms. The molecular weight excluding hydrogens is 349 g/mol. The summed E-state index contributed by atoms with van der Waals surface area (Å²) in [6, 6.07) is 14.0. The Morgan fingerprint density at radius 1 is 1.12 bits per heavy atom. The van der Waals surface area contributed by atoms with Gasteiger partial charge in [0.2, 0.25) is 0 Å². The molecule has 132 valence electrons. The number of thioether (sulfide) groups is 1. The summed E-state index contributed by atoms with van der Waals surface area (Å²) in [5.74, 6) is 1.45. The lowest BCUT2D eigenvalue weighted by Crippen LogP contribution is -2.38. The van der Waals surface area contributed by atoms with Crippen LogP contribution in [-0.4, -0.2) is 40.4 Å². The van der Waals surface area contributed by atoms with E-state index in [9.17, 15) is 9.18 Å². The molecule has 1 aromatic heterocycles. The van der Waals surface area contributed by atoms with E-state index < -0.39 is 0 Å². The van der Waals surface area contributed by atoms with Crippen molar-refractivity contribution in [3.8, 4) is 0 Å². The van der Waals surface area contributed by atoms with Crippen LogP contribution in [-0.2, 0) is 0 Å². The van der Waals surface area contributed by atoms with Gasteiger partial charge in [0, 0.05) is 41.9 Å². The van der Waals surface area contributed by atoms with Gasteiger partial charge >= 0.3 is 0 Å². The summed E-state index contributed by atoms with van der Waals surface area (Å²) in [4.78, 5) is 19.3. The Morgan fingerprint density at radius 3 is 2.65 bits per heavy atom. The van der Waals surface area contributed by atoms with Gasteiger partial charge in [-0.25, -0.2) is 4.39 Å². The highest BCUT2D eigenvalue weighted by Crippen LogP contribution is 2.31. The van der Waals surface area contributed by atoms with Crippen molar-refractivity contribution < 1.29 is 9.18 Å². The number of amides is 1. The number of hydrogen-bond donors (Lipinski definition) is 1. The van der Waals surface area contributed by atoms with Crippen LogP contribution in [0.1, 0.15) is 10.4 Å². The van der Waals surface area contributed by atoms with Crippen LogP contribution in [0.15, 0.2) is 54.7 Å². The van der Waals surface area contributed by atoms with E-state index in [-0.39, 0.29) is 11.7 Å². The number of para-hydroxylation sites is 1. The van der Waals surface area contributed by atoms with Gasteiger partial charge in [-0.2, -0.15) is 11.8 Å². The molecule has 4 rings (SSSR count). The molecule has 1 aliphatic rings. The van der Waals surface area contributed by atoms with Crippen molar-refractivity contribution in [3.05, 3.63) is 66.1 Å². The number of benzene rings is 2. The summed E-state index contributed by atoms with van der Waals surface area (Å²) in [7, 11) is 0. The second-order valence-electron chi connectivity index (χ2n) is 6.10. The minimum atomic E-state index is -0.352. The highest BCUT2D eigenvalue weighted by atomic mass is 32.2. The number of halogens is 1. The molecule has 4 nitrogen and oxygen atoms in total. The number of nitrogens with one attached hydrogen (secondary N) is 1. The van der Waals surface area contributed by atoms with Gasteiger partial charge in [0.25, 0.3) is 5.91 Å². The van der Waals surface area contributed by atoms with Crippen LogP contribution < -0.4 is 5.32 Å². The summed E-state index contributed by atoms with van der Waals surface area (Å²) in [6.45, 7) is 1.44. The summed E-state index contributed by atoms with van der Waals surface area (Å²) in [5.41, 5.74) is 2.56. The molecule has 0 atom stereocenters. The molecule has 1 amide bonds. The van der Waals surface area contributed by atoms with Gasteiger partial charge in [0.05, 0.1) is 16.8 Å². The van der Waals surface area contributed by atoms with Crippen LogP contribution in [0, 0.1) is 5.82 Å². The Hall–Kier alpha value is -2.60. The fourth-order valence-electron chi connectivity index (χ4n) is 3.06. The number of hydrogen-bond acceptors (Lipinski definition) is 4. The largest absolute Gasteiger partial charge is 0.354 e. The molecule has 6 heteroatoms. The average Bonchev–Trinajstić information content (AvgIpc) is 2.69. The van der Waals surface area contributed by atoms with E-state index in [1.807, 2.05) is 47.0 Å². The molecule has 2 heterocycles. The lowest BCUT2D eigenvalue weighted by atomic mass is 10.1. The molecule has 3 aromatic rings. The first-order valence-electron chi connectivity index (χ1n) is 8.50. The van der Waals surface area contributed by atoms with Crippen molar-refractivity contribution in [1.29, 1.82) is 0 Å². The van der Waals surface area contributed by atoms with Gasteiger partial charge in [0.1, 0.15) is 5.82 Å². The van der Waals surface area contributed by atoms with Crippen molar-refractivity contribution in [2.45, 2.75) is 0 Å². The van der Waals surface area contributed by atoms with Crippen molar-refractivity contribution in [2.75, 3.05) is 29.9 Å². The Bertz CT molecular complexity index is 942. The highest BCUT2D eigenvalue weighted by molar-refractivity contribution is 7.99. The summed E-state index contributed by atoms with van der Waals surface area (Å²) >= 11 is 1.85. The number of nitrogens with zero attached hydrogens (tertiary/aromatic N) is 2. The molecule has 0 bridgehead atoms. The third-order valence-corrected chi connectivity index (χ3v) is 5.34. The minimum absolute atomic E-state index is 0.0672. The zero-order valence-electron chi connectivity index (χ0n) is 14.1. The second kappa shape index (κ2) is 7.33. The van der Waals surface area contributed by atoms with Gasteiger partial charge in [-0.3, -0.25) is 9.78 Å². The van der Waals surface area contributed by atoms with Crippen LogP contribution >= 0.6 is 11.8 Å². The number of pyridine rings is 1. The SMILES string of the molecule is O=C(c1cnc2ccc(F)cc2c1Nc1ccccc1)N1CCSCC1. The van der Waals surface area contributed by atoms with E-state index >= 15 is 0 Å². The van der Waals surface area contributed by atoms with Gasteiger partial charge in [0.15, 0.2) is 0 Å². The molecular formula is C20H18FN3OS. The van der Waals surface area contributed by atoms with Crippen molar-refractivity contribution in [2.24, 2.45) is 0 Å². The van der Waals surface area contributed by atoms with Crippen LogP contribution in [0.2, 0.25) is 0 Å². The smallest absolute Gasteiger partial charge is 0.257 e. The molecule has 1 saturated heterocycles. The molecule has 1 aliphatic heterocycles. The third kappa shape index (κ3) is 3.37. The molecule has 2 aromatic carbocycles. The van der Waals surface area contributed by atoms with Crippen molar-refractivity contribution >= 4 is 39.9 Å². The minimum Gasteiger partial charge on any atom is -0.354 e. The molecule has 0 radical (unpaired) electrons. The van der Waals surface area contributed by atoms with E-state index in [1.165, 1.54) is 12.1 Å². The number of carbonyl (C=O) groups is 1. The predicted molar refractivity (Wildman–Crippen MR) is 105 cm³/mol. The highest BCUT2D eigenvalue weighted by Gasteiger charge is 2.23. The van der Waals surface area contributed by atoms with E-state index in [0.717, 1.165) is 30.3 Å². The number of carbonyl (C=O) groups excluding carboxylic acids is 1. The van der Waals surface area contributed by atoms with Crippen LogP contribution in [0.3, 0.4) is 0 Å². The van der Waals surface area contributed by atoms with Gasteiger partial charge < -0.3 is 10.2 Å². The fraction of sp³-hybridized carbons (Fsp3) is 0.200. The topological polar surface area (TPSA) is 45.2 Å². The second-order valence-corrected chi connectivity index (χ2v) is 7.33. The number of fused-ring (bicyclic) bond motifs is 1. The molecule has 0 aliphatic carbocycles. The summed E-state index contributed by atoms with van der Waals surface area (Å²) in [6.07, 6.45) is 1.59.